The SMILES string of the molecule is CCCCCCCCCCCCCCCCCC(O)[C@H](C)C[C@H](C)C[C@H](C)C[C@H](C)C[C@H](C)C[C@H](C)C[C@H](C)C[C@H](C)C(=O)O. The normalized spacial score (nSPS) is 18.1. The van der Waals surface area contributed by atoms with Crippen LogP contribution >= 0.6 is 0 Å². The Morgan fingerprint density at radius 3 is 1.07 bits per heavy atom. The molecule has 0 spiro atoms. The molecule has 0 aromatic heterocycles. The maximum atomic E-state index is 11.2. The van der Waals surface area contributed by atoms with E-state index in [0.717, 1.165) is 43.4 Å². The number of aliphatic carboxylic acids is 1. The fourth-order valence-electron chi connectivity index (χ4n) is 8.52. The van der Waals surface area contributed by atoms with Crippen molar-refractivity contribution in [2.24, 2.45) is 47.3 Å². The lowest BCUT2D eigenvalue weighted by Crippen LogP contribution is -2.21. The lowest BCUT2D eigenvalue weighted by molar-refractivity contribution is -0.141. The van der Waals surface area contributed by atoms with Crippen molar-refractivity contribution in [3.8, 4) is 0 Å². The first-order valence-electron chi connectivity index (χ1n) is 20.3. The van der Waals surface area contributed by atoms with Crippen molar-refractivity contribution in [2.45, 2.75) is 216 Å². The molecule has 0 aliphatic heterocycles. The summed E-state index contributed by atoms with van der Waals surface area (Å²) in [6, 6.07) is 0. The molecule has 0 saturated carbocycles. The smallest absolute Gasteiger partial charge is 0.306 e. The van der Waals surface area contributed by atoms with Crippen LogP contribution in [0.4, 0.5) is 0 Å². The van der Waals surface area contributed by atoms with E-state index in [2.05, 4.69) is 55.4 Å². The third-order valence-electron chi connectivity index (χ3n) is 10.7. The average molecular weight is 637 g/mol. The van der Waals surface area contributed by atoms with Gasteiger partial charge in [-0.3, -0.25) is 4.79 Å². The molecule has 3 heteroatoms. The van der Waals surface area contributed by atoms with Gasteiger partial charge in [-0.1, -0.05) is 159 Å². The second-order valence-electron chi connectivity index (χ2n) is 16.8. The lowest BCUT2D eigenvalue weighted by atomic mass is 9.80. The Labute approximate surface area is 283 Å². The van der Waals surface area contributed by atoms with Gasteiger partial charge in [0, 0.05) is 0 Å². The van der Waals surface area contributed by atoms with Crippen LogP contribution in [0.3, 0.4) is 0 Å². The number of carbonyl (C=O) groups is 1. The number of unbranched alkanes of at least 4 members (excludes halogenated alkanes) is 14. The van der Waals surface area contributed by atoms with Gasteiger partial charge in [0.2, 0.25) is 0 Å². The number of carboxylic acids is 1. The highest BCUT2D eigenvalue weighted by molar-refractivity contribution is 5.69. The van der Waals surface area contributed by atoms with Gasteiger partial charge in [0.25, 0.3) is 0 Å². The second-order valence-corrected chi connectivity index (χ2v) is 16.8. The molecule has 0 radical (unpaired) electrons. The van der Waals surface area contributed by atoms with E-state index in [4.69, 9.17) is 0 Å². The molecule has 270 valence electrons. The summed E-state index contributed by atoms with van der Waals surface area (Å²) in [7, 11) is 0. The quantitative estimate of drug-likeness (QED) is 0.0722. The molecular weight excluding hydrogens is 552 g/mol. The van der Waals surface area contributed by atoms with Gasteiger partial charge in [0.15, 0.2) is 0 Å². The molecule has 0 heterocycles. The molecule has 0 saturated heterocycles. The molecule has 3 nitrogen and oxygen atoms in total. The molecule has 0 aliphatic carbocycles. The fraction of sp³-hybridized carbons (Fsp3) is 0.976. The predicted molar refractivity (Wildman–Crippen MR) is 199 cm³/mol. The summed E-state index contributed by atoms with van der Waals surface area (Å²) in [5, 5.41) is 20.0. The van der Waals surface area contributed by atoms with Crippen molar-refractivity contribution >= 4 is 5.97 Å². The van der Waals surface area contributed by atoms with Crippen molar-refractivity contribution in [3.63, 3.8) is 0 Å². The first-order chi connectivity index (χ1) is 21.3. The molecule has 0 fully saturated rings. The van der Waals surface area contributed by atoms with Gasteiger partial charge < -0.3 is 10.2 Å². The van der Waals surface area contributed by atoms with E-state index in [-0.39, 0.29) is 12.0 Å². The summed E-state index contributed by atoms with van der Waals surface area (Å²) in [5.41, 5.74) is 0. The van der Waals surface area contributed by atoms with Crippen LogP contribution < -0.4 is 0 Å². The van der Waals surface area contributed by atoms with Crippen LogP contribution in [0.15, 0.2) is 0 Å². The topological polar surface area (TPSA) is 57.5 Å². The third kappa shape index (κ3) is 27.1. The molecule has 0 rings (SSSR count). The molecule has 0 amide bonds. The van der Waals surface area contributed by atoms with E-state index >= 15 is 0 Å². The van der Waals surface area contributed by atoms with Crippen molar-refractivity contribution in [1.29, 1.82) is 0 Å². The van der Waals surface area contributed by atoms with Crippen molar-refractivity contribution in [1.82, 2.24) is 0 Å². The van der Waals surface area contributed by atoms with E-state index in [9.17, 15) is 15.0 Å². The largest absolute Gasteiger partial charge is 0.481 e. The van der Waals surface area contributed by atoms with Gasteiger partial charge >= 0.3 is 5.97 Å². The Morgan fingerprint density at radius 1 is 0.444 bits per heavy atom. The van der Waals surface area contributed by atoms with Crippen molar-refractivity contribution in [2.75, 3.05) is 0 Å². The monoisotopic (exact) mass is 637 g/mol. The number of carboxylic acid groups (broad SMARTS) is 1. The molecule has 2 N–H and O–H groups in total. The van der Waals surface area contributed by atoms with Crippen LogP contribution in [0, 0.1) is 47.3 Å². The highest BCUT2D eigenvalue weighted by atomic mass is 16.4. The summed E-state index contributed by atoms with van der Waals surface area (Å²) >= 11 is 0. The number of hydrogen-bond acceptors (Lipinski definition) is 2. The number of hydrogen-bond donors (Lipinski definition) is 2. The minimum Gasteiger partial charge on any atom is -0.481 e. The minimum absolute atomic E-state index is 0.137. The molecule has 0 aromatic carbocycles. The van der Waals surface area contributed by atoms with Crippen LogP contribution in [0.2, 0.25) is 0 Å². The van der Waals surface area contributed by atoms with E-state index in [1.165, 1.54) is 122 Å². The van der Waals surface area contributed by atoms with Crippen LogP contribution in [0.25, 0.3) is 0 Å². The van der Waals surface area contributed by atoms with Gasteiger partial charge in [0.05, 0.1) is 12.0 Å². The Balaban J connectivity index is 3.93. The molecular formula is C42H84O3. The first-order valence-corrected chi connectivity index (χ1v) is 20.3. The maximum Gasteiger partial charge on any atom is 0.306 e. The zero-order valence-electron chi connectivity index (χ0n) is 32.3. The van der Waals surface area contributed by atoms with Crippen molar-refractivity contribution in [3.05, 3.63) is 0 Å². The molecule has 9 atom stereocenters. The Hall–Kier alpha value is -0.570. The zero-order chi connectivity index (χ0) is 34.0. The number of aliphatic hydroxyl groups excluding tert-OH is 1. The van der Waals surface area contributed by atoms with Gasteiger partial charge in [-0.15, -0.1) is 0 Å². The number of aliphatic hydroxyl groups is 1. The third-order valence-corrected chi connectivity index (χ3v) is 10.7. The summed E-state index contributed by atoms with van der Waals surface area (Å²) in [4.78, 5) is 11.2. The number of rotatable bonds is 32. The van der Waals surface area contributed by atoms with Gasteiger partial charge in [-0.25, -0.2) is 0 Å². The van der Waals surface area contributed by atoms with E-state index < -0.39 is 5.97 Å². The highest BCUT2D eigenvalue weighted by Crippen LogP contribution is 2.31. The standard InChI is InChI=1S/C42H84O3/c1-10-11-12-13-14-15-16-17-18-19-20-21-22-23-24-25-41(43)39(8)31-37(6)29-35(4)27-33(2)26-34(3)28-36(5)30-38(7)32-40(9)42(44)45/h33-41,43H,10-32H2,1-9H3,(H,44,45)/t33-,34+,35-,36+,37-,38+,39-,40+,41?/m1/s1. The predicted octanol–water partition coefficient (Wildman–Crippen LogP) is 13.5. The summed E-state index contributed by atoms with van der Waals surface area (Å²) in [5.74, 6) is 3.50. The molecule has 45 heavy (non-hydrogen) atoms. The Bertz CT molecular complexity index is 662. The summed E-state index contributed by atoms with van der Waals surface area (Å²) in [6.45, 7) is 20.6. The van der Waals surface area contributed by atoms with Gasteiger partial charge in [0.1, 0.15) is 0 Å². The second kappa shape index (κ2) is 28.4. The first kappa shape index (κ1) is 44.4. The van der Waals surface area contributed by atoms with Gasteiger partial charge in [-0.2, -0.15) is 0 Å². The minimum atomic E-state index is -0.666. The van der Waals surface area contributed by atoms with E-state index in [0.29, 0.717) is 23.7 Å². The van der Waals surface area contributed by atoms with E-state index in [1.54, 1.807) is 0 Å². The molecule has 1 unspecified atom stereocenters. The van der Waals surface area contributed by atoms with Crippen molar-refractivity contribution < 1.29 is 15.0 Å². The van der Waals surface area contributed by atoms with Crippen LogP contribution in [0.1, 0.15) is 210 Å². The maximum absolute atomic E-state index is 11.2. The molecule has 0 aliphatic rings. The van der Waals surface area contributed by atoms with Crippen LogP contribution in [0.5, 0.6) is 0 Å². The Kier molecular flexibility index (Phi) is 28.1. The Morgan fingerprint density at radius 2 is 0.733 bits per heavy atom. The van der Waals surface area contributed by atoms with E-state index in [1.807, 2.05) is 6.92 Å². The summed E-state index contributed by atoms with van der Waals surface area (Å²) in [6.07, 6.45) is 29.8. The average Bonchev–Trinajstić information content (AvgIpc) is 2.94. The highest BCUT2D eigenvalue weighted by Gasteiger charge is 2.22. The molecule has 0 aromatic rings. The fourth-order valence-corrected chi connectivity index (χ4v) is 8.52. The lowest BCUT2D eigenvalue weighted by Gasteiger charge is -2.27. The van der Waals surface area contributed by atoms with Crippen LogP contribution in [-0.4, -0.2) is 22.3 Å². The van der Waals surface area contributed by atoms with Crippen LogP contribution in [-0.2, 0) is 4.79 Å². The summed E-state index contributed by atoms with van der Waals surface area (Å²) < 4.78 is 0. The molecule has 0 bridgehead atoms. The zero-order valence-corrected chi connectivity index (χ0v) is 32.3. The van der Waals surface area contributed by atoms with Gasteiger partial charge in [-0.05, 0) is 92.8 Å².